The van der Waals surface area contributed by atoms with Crippen molar-refractivity contribution in [3.63, 3.8) is 0 Å². The van der Waals surface area contributed by atoms with Crippen LogP contribution in [-0.2, 0) is 14.8 Å². The van der Waals surface area contributed by atoms with Gasteiger partial charge >= 0.3 is 0 Å². The van der Waals surface area contributed by atoms with Crippen LogP contribution in [0.25, 0.3) is 0 Å². The Morgan fingerprint density at radius 1 is 1.00 bits per heavy atom. The third-order valence-electron chi connectivity index (χ3n) is 4.64. The summed E-state index contributed by atoms with van der Waals surface area (Å²) >= 11 is 0. The summed E-state index contributed by atoms with van der Waals surface area (Å²) in [6.07, 6.45) is 1.47. The van der Waals surface area contributed by atoms with Crippen molar-refractivity contribution in [3.8, 4) is 11.5 Å². The Kier molecular flexibility index (Phi) is 4.42. The minimum Gasteiger partial charge on any atom is -0.455 e. The van der Waals surface area contributed by atoms with Gasteiger partial charge in [-0.25, -0.2) is 8.42 Å². The number of hydrogen-bond acceptors (Lipinski definition) is 4. The van der Waals surface area contributed by atoms with Crippen LogP contribution in [0.5, 0.6) is 11.5 Å². The molecule has 0 radical (unpaired) electrons. The molecule has 26 heavy (non-hydrogen) atoms. The van der Waals surface area contributed by atoms with Crippen molar-refractivity contribution in [1.82, 2.24) is 4.31 Å². The van der Waals surface area contributed by atoms with Crippen molar-refractivity contribution in [2.75, 3.05) is 18.4 Å². The van der Waals surface area contributed by atoms with E-state index >= 15 is 0 Å². The summed E-state index contributed by atoms with van der Waals surface area (Å²) in [5, 5.41) is 2.63. The van der Waals surface area contributed by atoms with Gasteiger partial charge in [-0.3, -0.25) is 4.79 Å². The van der Waals surface area contributed by atoms with Gasteiger partial charge in [-0.15, -0.1) is 0 Å². The van der Waals surface area contributed by atoms with E-state index < -0.39 is 10.0 Å². The number of sulfonamides is 1. The molecule has 1 saturated heterocycles. The Hall–Kier alpha value is -2.38. The molecule has 1 aliphatic carbocycles. The monoisotopic (exact) mass is 372 g/mol. The zero-order chi connectivity index (χ0) is 18.1. The molecule has 1 aliphatic heterocycles. The van der Waals surface area contributed by atoms with Gasteiger partial charge in [0.05, 0.1) is 16.9 Å². The summed E-state index contributed by atoms with van der Waals surface area (Å²) in [4.78, 5) is 12.5. The van der Waals surface area contributed by atoms with Crippen LogP contribution in [0, 0.1) is 5.92 Å². The molecule has 4 rings (SSSR count). The second kappa shape index (κ2) is 6.74. The molecule has 0 unspecified atom stereocenters. The molecule has 2 fully saturated rings. The number of carbonyl (C=O) groups excluding carboxylic acids is 1. The molecule has 7 heteroatoms. The maximum absolute atomic E-state index is 12.5. The number of para-hydroxylation sites is 3. The van der Waals surface area contributed by atoms with Crippen LogP contribution in [0.2, 0.25) is 0 Å². The fraction of sp³-hybridized carbons (Fsp3) is 0.316. The van der Waals surface area contributed by atoms with Crippen molar-refractivity contribution in [2.24, 2.45) is 5.92 Å². The highest BCUT2D eigenvalue weighted by molar-refractivity contribution is 7.90. The van der Waals surface area contributed by atoms with E-state index in [-0.39, 0.29) is 30.2 Å². The maximum atomic E-state index is 12.5. The number of nitrogens with zero attached hydrogens (tertiary/aromatic N) is 1. The smallest absolute Gasteiger partial charge is 0.230 e. The van der Waals surface area contributed by atoms with Gasteiger partial charge in [-0.1, -0.05) is 30.3 Å². The summed E-state index contributed by atoms with van der Waals surface area (Å²) in [6, 6.07) is 16.5. The molecule has 2 aromatic rings. The summed E-state index contributed by atoms with van der Waals surface area (Å²) in [5.41, 5.74) is 0.574. The van der Waals surface area contributed by atoms with Crippen molar-refractivity contribution in [2.45, 2.75) is 18.1 Å². The lowest BCUT2D eigenvalue weighted by atomic mass is 10.0. The van der Waals surface area contributed by atoms with Crippen molar-refractivity contribution in [1.29, 1.82) is 0 Å². The number of rotatable bonds is 6. The highest BCUT2D eigenvalue weighted by Crippen LogP contribution is 2.35. The zero-order valence-corrected chi connectivity index (χ0v) is 15.0. The fourth-order valence-corrected chi connectivity index (χ4v) is 4.83. The van der Waals surface area contributed by atoms with Crippen LogP contribution in [0.4, 0.5) is 5.69 Å². The molecule has 0 atom stereocenters. The standard InChI is InChI=1S/C19H20N2O4S/c22-19(14-12-21(13-14)26(23,24)16-10-11-16)20-17-8-4-5-9-18(17)25-15-6-2-1-3-7-15/h1-9,14,16H,10-13H2,(H,20,22). The minimum absolute atomic E-state index is 0.184. The lowest BCUT2D eigenvalue weighted by molar-refractivity contribution is -0.122. The number of benzene rings is 2. The Labute approximate surface area is 152 Å². The van der Waals surface area contributed by atoms with Crippen LogP contribution in [0.3, 0.4) is 0 Å². The van der Waals surface area contributed by atoms with Gasteiger partial charge in [-0.2, -0.15) is 4.31 Å². The molecular formula is C19H20N2O4S. The lowest BCUT2D eigenvalue weighted by Gasteiger charge is -2.37. The molecule has 0 spiro atoms. The molecule has 1 heterocycles. The number of nitrogens with one attached hydrogen (secondary N) is 1. The van der Waals surface area contributed by atoms with E-state index in [0.29, 0.717) is 17.2 Å². The van der Waals surface area contributed by atoms with E-state index in [9.17, 15) is 13.2 Å². The number of hydrogen-bond donors (Lipinski definition) is 1. The Morgan fingerprint density at radius 3 is 2.35 bits per heavy atom. The molecule has 0 aromatic heterocycles. The first-order valence-electron chi connectivity index (χ1n) is 8.66. The van der Waals surface area contributed by atoms with Gasteiger partial charge in [0.25, 0.3) is 0 Å². The van der Waals surface area contributed by atoms with E-state index in [1.807, 2.05) is 42.5 Å². The van der Waals surface area contributed by atoms with E-state index in [2.05, 4.69) is 5.32 Å². The fourth-order valence-electron chi connectivity index (χ4n) is 2.90. The molecular weight excluding hydrogens is 352 g/mol. The third-order valence-corrected chi connectivity index (χ3v) is 6.97. The number of ether oxygens (including phenoxy) is 1. The van der Waals surface area contributed by atoms with Crippen LogP contribution in [0.1, 0.15) is 12.8 Å². The maximum Gasteiger partial charge on any atom is 0.230 e. The van der Waals surface area contributed by atoms with Crippen LogP contribution < -0.4 is 10.1 Å². The minimum atomic E-state index is -3.19. The average molecular weight is 372 g/mol. The van der Waals surface area contributed by atoms with Crippen LogP contribution in [-0.4, -0.2) is 37.0 Å². The van der Waals surface area contributed by atoms with Crippen LogP contribution >= 0.6 is 0 Å². The highest BCUT2D eigenvalue weighted by atomic mass is 32.2. The number of anilines is 1. The average Bonchev–Trinajstić information content (AvgIpc) is 3.41. The van der Waals surface area contributed by atoms with E-state index in [1.165, 1.54) is 4.31 Å². The van der Waals surface area contributed by atoms with Gasteiger partial charge in [0, 0.05) is 13.1 Å². The third kappa shape index (κ3) is 3.45. The quantitative estimate of drug-likeness (QED) is 0.846. The van der Waals surface area contributed by atoms with Crippen LogP contribution in [0.15, 0.2) is 54.6 Å². The second-order valence-corrected chi connectivity index (χ2v) is 8.87. The Bertz CT molecular complexity index is 904. The second-order valence-electron chi connectivity index (χ2n) is 6.66. The Morgan fingerprint density at radius 2 is 1.65 bits per heavy atom. The van der Waals surface area contributed by atoms with Gasteiger partial charge < -0.3 is 10.1 Å². The first-order valence-corrected chi connectivity index (χ1v) is 10.2. The lowest BCUT2D eigenvalue weighted by Crippen LogP contribution is -2.55. The largest absolute Gasteiger partial charge is 0.455 e. The van der Waals surface area contributed by atoms with Crippen molar-refractivity contribution in [3.05, 3.63) is 54.6 Å². The molecule has 2 aliphatic rings. The highest BCUT2D eigenvalue weighted by Gasteiger charge is 2.46. The molecule has 2 aromatic carbocycles. The van der Waals surface area contributed by atoms with Gasteiger partial charge in [0.15, 0.2) is 5.75 Å². The normalized spacial score (nSPS) is 18.2. The zero-order valence-electron chi connectivity index (χ0n) is 14.2. The van der Waals surface area contributed by atoms with E-state index in [4.69, 9.17) is 4.74 Å². The molecule has 136 valence electrons. The SMILES string of the molecule is O=C(Nc1ccccc1Oc1ccccc1)C1CN(S(=O)(=O)C2CC2)C1. The first-order chi connectivity index (χ1) is 12.5. The van der Waals surface area contributed by atoms with Crippen molar-refractivity contribution >= 4 is 21.6 Å². The van der Waals surface area contributed by atoms with E-state index in [0.717, 1.165) is 12.8 Å². The summed E-state index contributed by atoms with van der Waals surface area (Å²) in [5.74, 6) is 0.720. The molecule has 1 N–H and O–H groups in total. The molecule has 1 saturated carbocycles. The van der Waals surface area contributed by atoms with Gasteiger partial charge in [0.1, 0.15) is 5.75 Å². The summed E-state index contributed by atoms with van der Waals surface area (Å²) in [6.45, 7) is 0.513. The predicted molar refractivity (Wildman–Crippen MR) is 98.6 cm³/mol. The molecule has 1 amide bonds. The summed E-state index contributed by atoms with van der Waals surface area (Å²) in [7, 11) is -3.19. The van der Waals surface area contributed by atoms with Gasteiger partial charge in [-0.05, 0) is 37.1 Å². The topological polar surface area (TPSA) is 75.7 Å². The van der Waals surface area contributed by atoms with Gasteiger partial charge in [0.2, 0.25) is 15.9 Å². The molecule has 0 bridgehead atoms. The predicted octanol–water partition coefficient (Wildman–Crippen LogP) is 2.84. The van der Waals surface area contributed by atoms with E-state index in [1.54, 1.807) is 12.1 Å². The Balaban J connectivity index is 1.39. The molecule has 6 nitrogen and oxygen atoms in total. The first kappa shape index (κ1) is 17.1. The summed E-state index contributed by atoms with van der Waals surface area (Å²) < 4.78 is 31.5. The number of amides is 1. The number of carbonyl (C=O) groups is 1. The van der Waals surface area contributed by atoms with Crippen molar-refractivity contribution < 1.29 is 17.9 Å².